The minimum Gasteiger partial charge on any atom is -0.494 e. The molecule has 8 heteroatoms. The summed E-state index contributed by atoms with van der Waals surface area (Å²) in [5, 5.41) is 7.24. The molecule has 2 atom stereocenters. The van der Waals surface area contributed by atoms with Crippen molar-refractivity contribution in [3.8, 4) is 11.5 Å². The number of anilines is 1. The van der Waals surface area contributed by atoms with Crippen LogP contribution >= 0.6 is 11.3 Å². The van der Waals surface area contributed by atoms with Crippen molar-refractivity contribution in [2.75, 3.05) is 11.9 Å². The van der Waals surface area contributed by atoms with E-state index in [1.807, 2.05) is 26.0 Å². The second-order valence-electron chi connectivity index (χ2n) is 7.90. The van der Waals surface area contributed by atoms with Crippen LogP contribution in [0.15, 0.2) is 18.5 Å². The summed E-state index contributed by atoms with van der Waals surface area (Å²) in [5.74, 6) is 2.23. The van der Waals surface area contributed by atoms with Gasteiger partial charge in [0.05, 0.1) is 12.0 Å². The van der Waals surface area contributed by atoms with Gasteiger partial charge in [-0.3, -0.25) is 4.79 Å². The Morgan fingerprint density at radius 2 is 2.16 bits per heavy atom. The van der Waals surface area contributed by atoms with Gasteiger partial charge in [0.15, 0.2) is 0 Å². The number of aryl methyl sites for hydroxylation is 2. The Balaban J connectivity index is 1.46. The van der Waals surface area contributed by atoms with Gasteiger partial charge in [0.25, 0.3) is 0 Å². The Bertz CT molecular complexity index is 1130. The first-order chi connectivity index (χ1) is 14.9. The molecule has 0 spiro atoms. The quantitative estimate of drug-likeness (QED) is 0.574. The third-order valence-electron chi connectivity index (χ3n) is 5.54. The fraction of sp³-hybridized carbons (Fsp3) is 0.435. The molecule has 2 aromatic heterocycles. The SMILES string of the molecule is CCOc1cc2c(cc1CNC(=O)[C@H](C)Nc1ncnc3sc(C)c(C)c13)O[C@H](C)C2. The van der Waals surface area contributed by atoms with Crippen molar-refractivity contribution >= 4 is 33.3 Å². The number of aromatic nitrogens is 2. The number of hydrogen-bond donors (Lipinski definition) is 2. The molecule has 1 aromatic carbocycles. The lowest BCUT2D eigenvalue weighted by molar-refractivity contribution is -0.121. The molecule has 0 fully saturated rings. The second kappa shape index (κ2) is 8.70. The van der Waals surface area contributed by atoms with E-state index < -0.39 is 6.04 Å². The molecule has 0 radical (unpaired) electrons. The van der Waals surface area contributed by atoms with Crippen LogP contribution in [0.1, 0.15) is 42.3 Å². The number of carbonyl (C=O) groups is 1. The maximum atomic E-state index is 12.8. The van der Waals surface area contributed by atoms with Crippen molar-refractivity contribution in [2.24, 2.45) is 0 Å². The summed E-state index contributed by atoms with van der Waals surface area (Å²) in [6.07, 6.45) is 2.56. The van der Waals surface area contributed by atoms with Crippen LogP contribution in [0.5, 0.6) is 11.5 Å². The van der Waals surface area contributed by atoms with Gasteiger partial charge in [-0.25, -0.2) is 9.97 Å². The largest absolute Gasteiger partial charge is 0.494 e. The highest BCUT2D eigenvalue weighted by Crippen LogP contribution is 2.35. The van der Waals surface area contributed by atoms with Gasteiger partial charge in [0, 0.05) is 29.0 Å². The Kier molecular flexibility index (Phi) is 6.00. The number of thiophene rings is 1. The average molecular weight is 441 g/mol. The number of hydrogen-bond acceptors (Lipinski definition) is 7. The van der Waals surface area contributed by atoms with Crippen molar-refractivity contribution < 1.29 is 14.3 Å². The van der Waals surface area contributed by atoms with E-state index in [4.69, 9.17) is 9.47 Å². The summed E-state index contributed by atoms with van der Waals surface area (Å²) in [7, 11) is 0. The number of amides is 1. The smallest absolute Gasteiger partial charge is 0.242 e. The van der Waals surface area contributed by atoms with Crippen LogP contribution in [0.25, 0.3) is 10.2 Å². The first kappa shape index (κ1) is 21.4. The van der Waals surface area contributed by atoms with Crippen LogP contribution < -0.4 is 20.1 Å². The molecule has 2 N–H and O–H groups in total. The Morgan fingerprint density at radius 1 is 1.35 bits per heavy atom. The normalized spacial score (nSPS) is 16.0. The molecule has 4 rings (SSSR count). The van der Waals surface area contributed by atoms with Crippen molar-refractivity contribution in [3.05, 3.63) is 40.0 Å². The molecule has 0 aliphatic carbocycles. The maximum absolute atomic E-state index is 12.8. The predicted molar refractivity (Wildman–Crippen MR) is 123 cm³/mol. The fourth-order valence-corrected chi connectivity index (χ4v) is 4.80. The predicted octanol–water partition coefficient (Wildman–Crippen LogP) is 4.15. The molecule has 1 amide bonds. The molecule has 164 valence electrons. The first-order valence-corrected chi connectivity index (χ1v) is 11.4. The molecule has 3 aromatic rings. The lowest BCUT2D eigenvalue weighted by Gasteiger charge is -2.17. The van der Waals surface area contributed by atoms with E-state index >= 15 is 0 Å². The summed E-state index contributed by atoms with van der Waals surface area (Å²) < 4.78 is 11.7. The monoisotopic (exact) mass is 440 g/mol. The highest BCUT2D eigenvalue weighted by Gasteiger charge is 2.23. The van der Waals surface area contributed by atoms with Crippen molar-refractivity contribution in [2.45, 2.75) is 59.7 Å². The Morgan fingerprint density at radius 3 is 2.94 bits per heavy atom. The highest BCUT2D eigenvalue weighted by atomic mass is 32.1. The van der Waals surface area contributed by atoms with E-state index in [9.17, 15) is 4.79 Å². The molecule has 0 saturated carbocycles. The van der Waals surface area contributed by atoms with Crippen LogP contribution in [0.3, 0.4) is 0 Å². The van der Waals surface area contributed by atoms with Gasteiger partial charge in [0.2, 0.25) is 5.91 Å². The van der Waals surface area contributed by atoms with E-state index in [2.05, 4.69) is 41.4 Å². The summed E-state index contributed by atoms with van der Waals surface area (Å²) in [5.41, 5.74) is 3.20. The third-order valence-corrected chi connectivity index (χ3v) is 6.66. The van der Waals surface area contributed by atoms with Gasteiger partial charge < -0.3 is 20.1 Å². The zero-order chi connectivity index (χ0) is 22.1. The standard InChI is InChI=1S/C23H28N4O3S/c1-6-29-18-8-16-7-12(2)30-19(16)9-17(18)10-24-22(28)14(4)27-21-20-13(3)15(5)31-23(20)26-11-25-21/h8-9,11-12,14H,6-7,10H2,1-5H3,(H,24,28)(H,25,26,27)/t12-,14+/m1/s1. The zero-order valence-corrected chi connectivity index (χ0v) is 19.4. The molecule has 1 aliphatic rings. The molecule has 7 nitrogen and oxygen atoms in total. The van der Waals surface area contributed by atoms with Crippen LogP contribution in [-0.4, -0.2) is 34.6 Å². The van der Waals surface area contributed by atoms with Crippen LogP contribution in [-0.2, 0) is 17.8 Å². The third kappa shape index (κ3) is 4.30. The highest BCUT2D eigenvalue weighted by molar-refractivity contribution is 7.18. The molecule has 3 heterocycles. The first-order valence-electron chi connectivity index (χ1n) is 10.6. The van der Waals surface area contributed by atoms with Gasteiger partial charge in [-0.2, -0.15) is 0 Å². The van der Waals surface area contributed by atoms with Gasteiger partial charge in [-0.1, -0.05) is 0 Å². The van der Waals surface area contributed by atoms with Gasteiger partial charge >= 0.3 is 0 Å². The van der Waals surface area contributed by atoms with E-state index in [-0.39, 0.29) is 12.0 Å². The van der Waals surface area contributed by atoms with E-state index in [0.29, 0.717) is 19.0 Å². The lowest BCUT2D eigenvalue weighted by atomic mass is 10.1. The number of nitrogens with zero attached hydrogens (tertiary/aromatic N) is 2. The fourth-order valence-electron chi connectivity index (χ4n) is 3.81. The van der Waals surface area contributed by atoms with Crippen LogP contribution in [0.4, 0.5) is 5.82 Å². The Hall–Kier alpha value is -2.87. The summed E-state index contributed by atoms with van der Waals surface area (Å²) in [6, 6.07) is 3.55. The molecule has 0 bridgehead atoms. The van der Waals surface area contributed by atoms with Crippen LogP contribution in [0, 0.1) is 13.8 Å². The van der Waals surface area contributed by atoms with Gasteiger partial charge in [-0.15, -0.1) is 11.3 Å². The van der Waals surface area contributed by atoms with Crippen molar-refractivity contribution in [1.82, 2.24) is 15.3 Å². The summed E-state index contributed by atoms with van der Waals surface area (Å²) >= 11 is 1.63. The van der Waals surface area contributed by atoms with Gasteiger partial charge in [0.1, 0.15) is 40.6 Å². The molecular weight excluding hydrogens is 412 g/mol. The van der Waals surface area contributed by atoms with E-state index in [0.717, 1.165) is 44.8 Å². The van der Waals surface area contributed by atoms with E-state index in [1.54, 1.807) is 11.3 Å². The number of carbonyl (C=O) groups excluding carboxylic acids is 1. The van der Waals surface area contributed by atoms with E-state index in [1.165, 1.54) is 11.2 Å². The summed E-state index contributed by atoms with van der Waals surface area (Å²) in [6.45, 7) is 10.9. The summed E-state index contributed by atoms with van der Waals surface area (Å²) in [4.78, 5) is 23.7. The maximum Gasteiger partial charge on any atom is 0.242 e. The van der Waals surface area contributed by atoms with Gasteiger partial charge in [-0.05, 0) is 52.3 Å². The number of nitrogens with one attached hydrogen (secondary N) is 2. The number of fused-ring (bicyclic) bond motifs is 2. The zero-order valence-electron chi connectivity index (χ0n) is 18.5. The van der Waals surface area contributed by atoms with Crippen molar-refractivity contribution in [3.63, 3.8) is 0 Å². The molecule has 0 unspecified atom stereocenters. The minimum atomic E-state index is -0.459. The Labute approximate surface area is 186 Å². The van der Waals surface area contributed by atoms with Crippen LogP contribution in [0.2, 0.25) is 0 Å². The molecular formula is C23H28N4O3S. The minimum absolute atomic E-state index is 0.117. The average Bonchev–Trinajstić information content (AvgIpc) is 3.24. The molecule has 31 heavy (non-hydrogen) atoms. The number of rotatable bonds is 7. The lowest BCUT2D eigenvalue weighted by Crippen LogP contribution is -2.37. The van der Waals surface area contributed by atoms with Crippen molar-refractivity contribution in [1.29, 1.82) is 0 Å². The number of benzene rings is 1. The molecule has 0 saturated heterocycles. The topological polar surface area (TPSA) is 85.4 Å². The number of ether oxygens (including phenoxy) is 2. The molecule has 1 aliphatic heterocycles. The second-order valence-corrected chi connectivity index (χ2v) is 9.11.